The Hall–Kier alpha value is -0.570. The third-order valence-electron chi connectivity index (χ3n) is 3.99. The van der Waals surface area contributed by atoms with Crippen LogP contribution in [0.4, 0.5) is 0 Å². The smallest absolute Gasteiger partial charge is 0.0725 e. The number of nitrogens with two attached hydrogens (primary N) is 1. The molecule has 0 saturated heterocycles. The number of benzene rings is 1. The Morgan fingerprint density at radius 3 is 2.18 bits per heavy atom. The van der Waals surface area contributed by atoms with Crippen molar-refractivity contribution in [3.05, 3.63) is 34.9 Å². The van der Waals surface area contributed by atoms with Crippen LogP contribution < -0.4 is 5.73 Å². The van der Waals surface area contributed by atoms with Gasteiger partial charge in [0.05, 0.1) is 5.60 Å². The van der Waals surface area contributed by atoms with Crippen LogP contribution in [0.5, 0.6) is 0 Å². The Morgan fingerprint density at radius 2 is 1.76 bits per heavy atom. The van der Waals surface area contributed by atoms with Gasteiger partial charge in [-0.15, -0.1) is 0 Å². The van der Waals surface area contributed by atoms with Gasteiger partial charge in [0.1, 0.15) is 0 Å². The zero-order valence-corrected chi connectivity index (χ0v) is 11.6. The van der Waals surface area contributed by atoms with Crippen LogP contribution in [0.25, 0.3) is 0 Å². The van der Waals surface area contributed by atoms with Gasteiger partial charge in [0, 0.05) is 23.4 Å². The third-order valence-corrected chi connectivity index (χ3v) is 4.24. The predicted octanol–water partition coefficient (Wildman–Crippen LogP) is 3.01. The van der Waals surface area contributed by atoms with Crippen molar-refractivity contribution in [3.63, 3.8) is 0 Å². The fraction of sp³-hybridized carbons (Fsp3) is 0.571. The van der Waals surface area contributed by atoms with Crippen LogP contribution in [0.15, 0.2) is 24.3 Å². The highest BCUT2D eigenvalue weighted by Crippen LogP contribution is 2.36. The van der Waals surface area contributed by atoms with Crippen LogP contribution >= 0.6 is 11.6 Å². The van der Waals surface area contributed by atoms with Crippen molar-refractivity contribution < 1.29 is 5.11 Å². The molecule has 0 aromatic heterocycles. The summed E-state index contributed by atoms with van der Waals surface area (Å²) in [6, 6.07) is 7.59. The minimum absolute atomic E-state index is 0.271. The van der Waals surface area contributed by atoms with Crippen molar-refractivity contribution in [1.29, 1.82) is 0 Å². The molecule has 0 amide bonds. The lowest BCUT2D eigenvalue weighted by Gasteiger charge is -2.42. The van der Waals surface area contributed by atoms with E-state index in [1.54, 1.807) is 0 Å². The molecule has 2 nitrogen and oxygen atoms in total. The summed E-state index contributed by atoms with van der Waals surface area (Å²) in [6.45, 7) is 6.42. The standard InChI is InChI=1S/C14H22ClNO/c1-4-13(2,10-16)14(3,17)9-11-5-7-12(15)8-6-11/h5-8,17H,4,9-10,16H2,1-3H3. The van der Waals surface area contributed by atoms with Gasteiger partial charge in [-0.05, 0) is 31.0 Å². The lowest BCUT2D eigenvalue weighted by Crippen LogP contribution is -2.49. The first-order valence-corrected chi connectivity index (χ1v) is 6.39. The second-order valence-corrected chi connectivity index (χ2v) is 5.63. The molecule has 3 heteroatoms. The maximum atomic E-state index is 10.6. The Kier molecular flexibility index (Phi) is 4.59. The van der Waals surface area contributed by atoms with E-state index in [2.05, 4.69) is 6.92 Å². The molecule has 3 N–H and O–H groups in total. The summed E-state index contributed by atoms with van der Waals surface area (Å²) in [6.07, 6.45) is 1.44. The van der Waals surface area contributed by atoms with Gasteiger partial charge in [-0.1, -0.05) is 37.6 Å². The maximum absolute atomic E-state index is 10.6. The molecule has 0 bridgehead atoms. The fourth-order valence-corrected chi connectivity index (χ4v) is 2.08. The maximum Gasteiger partial charge on any atom is 0.0725 e. The molecular formula is C14H22ClNO. The van der Waals surface area contributed by atoms with E-state index >= 15 is 0 Å². The molecule has 0 spiro atoms. The predicted molar refractivity (Wildman–Crippen MR) is 73.2 cm³/mol. The van der Waals surface area contributed by atoms with Gasteiger partial charge in [-0.3, -0.25) is 0 Å². The summed E-state index contributed by atoms with van der Waals surface area (Å²) < 4.78 is 0. The molecule has 2 atom stereocenters. The van der Waals surface area contributed by atoms with Crippen LogP contribution in [0, 0.1) is 5.41 Å². The van der Waals surface area contributed by atoms with E-state index in [9.17, 15) is 5.11 Å². The number of hydrogen-bond donors (Lipinski definition) is 2. The second-order valence-electron chi connectivity index (χ2n) is 5.20. The van der Waals surface area contributed by atoms with Crippen molar-refractivity contribution in [2.24, 2.45) is 11.1 Å². The number of aliphatic hydroxyl groups is 1. The molecule has 0 fully saturated rings. The Balaban J connectivity index is 2.88. The molecule has 1 rings (SSSR count). The van der Waals surface area contributed by atoms with E-state index in [1.165, 1.54) is 0 Å². The largest absolute Gasteiger partial charge is 0.389 e. The molecule has 1 aromatic rings. The Labute approximate surface area is 109 Å². The molecule has 0 radical (unpaired) electrons. The molecule has 2 unspecified atom stereocenters. The quantitative estimate of drug-likeness (QED) is 0.850. The van der Waals surface area contributed by atoms with Crippen LogP contribution in [-0.2, 0) is 6.42 Å². The molecular weight excluding hydrogens is 234 g/mol. The van der Waals surface area contributed by atoms with E-state index in [0.29, 0.717) is 18.0 Å². The lowest BCUT2D eigenvalue weighted by molar-refractivity contribution is -0.0578. The summed E-state index contributed by atoms with van der Waals surface area (Å²) in [4.78, 5) is 0. The van der Waals surface area contributed by atoms with Gasteiger partial charge in [0.25, 0.3) is 0 Å². The van der Waals surface area contributed by atoms with Gasteiger partial charge in [-0.2, -0.15) is 0 Å². The number of rotatable bonds is 5. The van der Waals surface area contributed by atoms with Crippen LogP contribution in [0.3, 0.4) is 0 Å². The van der Waals surface area contributed by atoms with Crippen molar-refractivity contribution >= 4 is 11.6 Å². The first-order chi connectivity index (χ1) is 7.84. The van der Waals surface area contributed by atoms with E-state index in [1.807, 2.05) is 38.1 Å². The highest BCUT2D eigenvalue weighted by molar-refractivity contribution is 6.30. The first kappa shape index (κ1) is 14.5. The van der Waals surface area contributed by atoms with Gasteiger partial charge in [0.15, 0.2) is 0 Å². The summed E-state index contributed by atoms with van der Waals surface area (Å²) >= 11 is 5.84. The first-order valence-electron chi connectivity index (χ1n) is 6.01. The molecule has 0 saturated carbocycles. The summed E-state index contributed by atoms with van der Waals surface area (Å²) in [5.41, 5.74) is 5.79. The van der Waals surface area contributed by atoms with Crippen LogP contribution in [0.1, 0.15) is 32.8 Å². The van der Waals surface area contributed by atoms with Gasteiger partial charge >= 0.3 is 0 Å². The normalized spacial score (nSPS) is 18.5. The van der Waals surface area contributed by atoms with Crippen molar-refractivity contribution in [2.45, 2.75) is 39.2 Å². The minimum Gasteiger partial charge on any atom is -0.389 e. The molecule has 17 heavy (non-hydrogen) atoms. The Morgan fingerprint density at radius 1 is 1.24 bits per heavy atom. The Bertz CT molecular complexity index is 355. The highest BCUT2D eigenvalue weighted by atomic mass is 35.5. The van der Waals surface area contributed by atoms with Gasteiger partial charge in [-0.25, -0.2) is 0 Å². The minimum atomic E-state index is -0.815. The molecule has 0 aliphatic carbocycles. The van der Waals surface area contributed by atoms with Gasteiger partial charge < -0.3 is 10.8 Å². The number of halogens is 1. The van der Waals surface area contributed by atoms with Crippen LogP contribution in [0.2, 0.25) is 5.02 Å². The second kappa shape index (κ2) is 5.38. The van der Waals surface area contributed by atoms with E-state index in [-0.39, 0.29) is 5.41 Å². The average molecular weight is 256 g/mol. The fourth-order valence-electron chi connectivity index (χ4n) is 1.96. The van der Waals surface area contributed by atoms with E-state index in [4.69, 9.17) is 17.3 Å². The van der Waals surface area contributed by atoms with Crippen molar-refractivity contribution in [3.8, 4) is 0 Å². The van der Waals surface area contributed by atoms with E-state index in [0.717, 1.165) is 12.0 Å². The summed E-state index contributed by atoms with van der Waals surface area (Å²) in [7, 11) is 0. The monoisotopic (exact) mass is 255 g/mol. The molecule has 0 aliphatic heterocycles. The van der Waals surface area contributed by atoms with Crippen molar-refractivity contribution in [1.82, 2.24) is 0 Å². The topological polar surface area (TPSA) is 46.2 Å². The van der Waals surface area contributed by atoms with Gasteiger partial charge in [0.2, 0.25) is 0 Å². The molecule has 0 aliphatic rings. The third kappa shape index (κ3) is 3.21. The molecule has 1 aromatic carbocycles. The highest BCUT2D eigenvalue weighted by Gasteiger charge is 2.40. The zero-order chi connectivity index (χ0) is 13.1. The average Bonchev–Trinajstić information content (AvgIpc) is 2.30. The summed E-state index contributed by atoms with van der Waals surface area (Å²) in [5.74, 6) is 0. The number of hydrogen-bond acceptors (Lipinski definition) is 2. The SMILES string of the molecule is CCC(C)(CN)C(C)(O)Cc1ccc(Cl)cc1. The molecule has 96 valence electrons. The van der Waals surface area contributed by atoms with Crippen molar-refractivity contribution in [2.75, 3.05) is 6.54 Å². The lowest BCUT2D eigenvalue weighted by atomic mass is 9.69. The zero-order valence-electron chi connectivity index (χ0n) is 10.8. The molecule has 0 heterocycles. The summed E-state index contributed by atoms with van der Waals surface area (Å²) in [5, 5.41) is 11.4. The van der Waals surface area contributed by atoms with E-state index < -0.39 is 5.60 Å². The van der Waals surface area contributed by atoms with Crippen LogP contribution in [-0.4, -0.2) is 17.3 Å².